The minimum Gasteiger partial charge on any atom is -0.377 e. The molecule has 24 heavy (non-hydrogen) atoms. The highest BCUT2D eigenvalue weighted by molar-refractivity contribution is 5.10. The molecule has 2 aliphatic rings. The van der Waals surface area contributed by atoms with Crippen LogP contribution in [0.1, 0.15) is 42.8 Å². The van der Waals surface area contributed by atoms with E-state index in [0.717, 1.165) is 31.2 Å². The second-order valence-electron chi connectivity index (χ2n) is 6.49. The predicted octanol–water partition coefficient (Wildman–Crippen LogP) is 1.44. The highest BCUT2D eigenvalue weighted by Gasteiger charge is 2.33. The lowest BCUT2D eigenvalue weighted by Gasteiger charge is -2.20. The summed E-state index contributed by atoms with van der Waals surface area (Å²) in [6.45, 7) is 2.63. The van der Waals surface area contributed by atoms with Crippen molar-refractivity contribution in [3.63, 3.8) is 0 Å². The quantitative estimate of drug-likeness (QED) is 0.782. The summed E-state index contributed by atoms with van der Waals surface area (Å²) in [5.74, 6) is 1.92. The van der Waals surface area contributed by atoms with Gasteiger partial charge in [0.05, 0.1) is 12.2 Å². The van der Waals surface area contributed by atoms with Crippen molar-refractivity contribution in [2.24, 2.45) is 5.92 Å². The molecule has 1 N–H and O–H groups in total. The molecule has 0 bridgehead atoms. The first-order valence-corrected chi connectivity index (χ1v) is 8.50. The predicted molar refractivity (Wildman–Crippen MR) is 83.9 cm³/mol. The minimum atomic E-state index is 0.0209. The van der Waals surface area contributed by atoms with Crippen LogP contribution in [0.4, 0.5) is 0 Å². The van der Waals surface area contributed by atoms with Crippen molar-refractivity contribution >= 4 is 0 Å². The number of nitrogens with zero attached hydrogens (tertiary/aromatic N) is 4. The second kappa shape index (κ2) is 7.00. The molecule has 0 aromatic carbocycles. The highest BCUT2D eigenvalue weighted by atomic mass is 16.5. The summed E-state index contributed by atoms with van der Waals surface area (Å²) >= 11 is 0. The molecule has 2 atom stereocenters. The second-order valence-corrected chi connectivity index (χ2v) is 6.49. The number of nitrogens with one attached hydrogen (secondary N) is 1. The van der Waals surface area contributed by atoms with E-state index in [9.17, 15) is 0 Å². The van der Waals surface area contributed by atoms with Crippen LogP contribution in [0.3, 0.4) is 0 Å². The average Bonchev–Trinajstić information content (AvgIpc) is 2.97. The van der Waals surface area contributed by atoms with Gasteiger partial charge in [0.1, 0.15) is 12.7 Å². The smallest absolute Gasteiger partial charge is 0.240 e. The fraction of sp³-hybridized carbons (Fsp3) is 0.688. The molecule has 1 aliphatic heterocycles. The van der Waals surface area contributed by atoms with Crippen LogP contribution >= 0.6 is 0 Å². The molecular formula is C16H23N5O3. The Morgan fingerprint density at radius 2 is 2.29 bits per heavy atom. The maximum atomic E-state index is 5.97. The van der Waals surface area contributed by atoms with Crippen molar-refractivity contribution in [2.45, 2.75) is 51.1 Å². The number of ether oxygens (including phenoxy) is 2. The Bertz CT molecular complexity index is 666. The molecule has 3 heterocycles. The maximum absolute atomic E-state index is 5.97. The zero-order valence-corrected chi connectivity index (χ0v) is 13.9. The van der Waals surface area contributed by atoms with Crippen LogP contribution in [0.5, 0.6) is 0 Å². The van der Waals surface area contributed by atoms with Crippen molar-refractivity contribution in [1.29, 1.82) is 0 Å². The van der Waals surface area contributed by atoms with Crippen LogP contribution in [-0.4, -0.2) is 39.7 Å². The van der Waals surface area contributed by atoms with E-state index in [-0.39, 0.29) is 12.1 Å². The summed E-state index contributed by atoms with van der Waals surface area (Å²) in [4.78, 5) is 4.29. The lowest BCUT2D eigenvalue weighted by molar-refractivity contribution is 0.0900. The number of aromatic nitrogens is 4. The fourth-order valence-electron chi connectivity index (χ4n) is 3.14. The molecule has 8 heteroatoms. The van der Waals surface area contributed by atoms with E-state index in [2.05, 4.69) is 31.3 Å². The molecule has 1 saturated carbocycles. The molecule has 1 aliphatic carbocycles. The summed E-state index contributed by atoms with van der Waals surface area (Å²) in [6.07, 6.45) is 5.47. The van der Waals surface area contributed by atoms with Gasteiger partial charge in [-0.3, -0.25) is 4.68 Å². The van der Waals surface area contributed by atoms with Gasteiger partial charge in [0.25, 0.3) is 0 Å². The van der Waals surface area contributed by atoms with Gasteiger partial charge in [-0.25, -0.2) is 0 Å². The van der Waals surface area contributed by atoms with E-state index in [1.165, 1.54) is 12.8 Å². The van der Waals surface area contributed by atoms with Crippen LogP contribution < -0.4 is 5.32 Å². The number of methoxy groups -OCH3 is 1. The van der Waals surface area contributed by atoms with Gasteiger partial charge in [-0.05, 0) is 31.2 Å². The molecular weight excluding hydrogens is 310 g/mol. The highest BCUT2D eigenvalue weighted by Crippen LogP contribution is 2.34. The van der Waals surface area contributed by atoms with Gasteiger partial charge in [0.2, 0.25) is 5.89 Å². The maximum Gasteiger partial charge on any atom is 0.240 e. The van der Waals surface area contributed by atoms with E-state index in [1.54, 1.807) is 7.11 Å². The lowest BCUT2D eigenvalue weighted by atomic mass is 10.1. The minimum absolute atomic E-state index is 0.0209. The van der Waals surface area contributed by atoms with E-state index < -0.39 is 0 Å². The Hall–Kier alpha value is -1.77. The third kappa shape index (κ3) is 3.50. The van der Waals surface area contributed by atoms with E-state index in [1.807, 2.05) is 6.20 Å². The van der Waals surface area contributed by atoms with Crippen molar-refractivity contribution in [1.82, 2.24) is 25.2 Å². The molecule has 2 fully saturated rings. The zero-order valence-electron chi connectivity index (χ0n) is 13.9. The molecule has 2 aromatic rings. The molecule has 0 amide bonds. The molecule has 0 radical (unpaired) electrons. The van der Waals surface area contributed by atoms with Crippen molar-refractivity contribution in [3.8, 4) is 0 Å². The van der Waals surface area contributed by atoms with Crippen molar-refractivity contribution < 1.29 is 14.0 Å². The van der Waals surface area contributed by atoms with E-state index >= 15 is 0 Å². The molecule has 0 unspecified atom stereocenters. The van der Waals surface area contributed by atoms with Gasteiger partial charge in [-0.2, -0.15) is 10.1 Å². The SMILES string of the molecule is COCc1noc(CN[C@H]2CCO[C@@H]2c2ccnn2CC2CC2)n1. The molecule has 0 spiro atoms. The van der Waals surface area contributed by atoms with Gasteiger partial charge in [0.15, 0.2) is 5.82 Å². The molecule has 1 saturated heterocycles. The first-order valence-electron chi connectivity index (χ1n) is 8.50. The van der Waals surface area contributed by atoms with Gasteiger partial charge >= 0.3 is 0 Å². The van der Waals surface area contributed by atoms with E-state index in [0.29, 0.717) is 24.9 Å². The standard InChI is InChI=1S/C16H23N5O3/c1-22-10-14-19-15(24-20-14)8-17-12-5-7-23-16(12)13-4-6-18-21(13)9-11-2-3-11/h4,6,11-12,16-17H,2-3,5,7-10H2,1H3/t12-,16-/m0/s1. The van der Waals surface area contributed by atoms with Gasteiger partial charge in [-0.15, -0.1) is 0 Å². The number of hydrogen-bond acceptors (Lipinski definition) is 7. The van der Waals surface area contributed by atoms with Crippen molar-refractivity contribution in [3.05, 3.63) is 29.7 Å². The first kappa shape index (κ1) is 15.7. The first-order chi connectivity index (χ1) is 11.8. The Morgan fingerprint density at radius 3 is 3.12 bits per heavy atom. The average molecular weight is 333 g/mol. The zero-order chi connectivity index (χ0) is 16.4. The summed E-state index contributed by atoms with van der Waals surface area (Å²) < 4.78 is 18.3. The van der Waals surface area contributed by atoms with E-state index in [4.69, 9.17) is 14.0 Å². The molecule has 8 nitrogen and oxygen atoms in total. The number of hydrogen-bond donors (Lipinski definition) is 1. The molecule has 2 aromatic heterocycles. The van der Waals surface area contributed by atoms with Crippen LogP contribution in [0, 0.1) is 5.92 Å². The van der Waals surface area contributed by atoms with Gasteiger partial charge in [0, 0.05) is 32.5 Å². The van der Waals surface area contributed by atoms with Crippen LogP contribution in [0.15, 0.2) is 16.8 Å². The molecule has 130 valence electrons. The molecule has 4 rings (SSSR count). The third-order valence-electron chi connectivity index (χ3n) is 4.56. The van der Waals surface area contributed by atoms with Crippen LogP contribution in [0.25, 0.3) is 0 Å². The van der Waals surface area contributed by atoms with Crippen molar-refractivity contribution in [2.75, 3.05) is 13.7 Å². The fourth-order valence-corrected chi connectivity index (χ4v) is 3.14. The summed E-state index contributed by atoms with van der Waals surface area (Å²) in [6, 6.07) is 2.29. The Labute approximate surface area is 140 Å². The number of rotatable bonds is 8. The normalized spacial score (nSPS) is 23.9. The van der Waals surface area contributed by atoms with Gasteiger partial charge < -0.3 is 19.3 Å². The largest absolute Gasteiger partial charge is 0.377 e. The topological polar surface area (TPSA) is 87.2 Å². The van der Waals surface area contributed by atoms with Gasteiger partial charge in [-0.1, -0.05) is 5.16 Å². The lowest BCUT2D eigenvalue weighted by Crippen LogP contribution is -2.32. The van der Waals surface area contributed by atoms with Crippen LogP contribution in [0.2, 0.25) is 0 Å². The summed E-state index contributed by atoms with van der Waals surface area (Å²) in [5.41, 5.74) is 1.16. The summed E-state index contributed by atoms with van der Waals surface area (Å²) in [5, 5.41) is 11.8. The Kier molecular flexibility index (Phi) is 4.59. The Morgan fingerprint density at radius 1 is 1.38 bits per heavy atom. The summed E-state index contributed by atoms with van der Waals surface area (Å²) in [7, 11) is 1.61. The van der Waals surface area contributed by atoms with Crippen LogP contribution in [-0.2, 0) is 29.2 Å². The third-order valence-corrected chi connectivity index (χ3v) is 4.56. The monoisotopic (exact) mass is 333 g/mol. The Balaban J connectivity index is 1.38.